The molecule has 0 heterocycles. The van der Waals surface area contributed by atoms with Crippen LogP contribution in [0.15, 0.2) is 91.0 Å². The van der Waals surface area contributed by atoms with Gasteiger partial charge in [-0.15, -0.1) is 0 Å². The molecule has 0 N–H and O–H groups in total. The summed E-state index contributed by atoms with van der Waals surface area (Å²) in [5.74, 6) is 0. The van der Waals surface area contributed by atoms with Crippen molar-refractivity contribution in [2.24, 2.45) is 0 Å². The summed E-state index contributed by atoms with van der Waals surface area (Å²) >= 11 is -1.53. The fourth-order valence-corrected chi connectivity index (χ4v) is 11.2. The molecule has 0 spiro atoms. The van der Waals surface area contributed by atoms with Crippen molar-refractivity contribution in [1.29, 1.82) is 0 Å². The van der Waals surface area contributed by atoms with Gasteiger partial charge in [-0.25, -0.2) is 0 Å². The van der Waals surface area contributed by atoms with Gasteiger partial charge in [0.1, 0.15) is 0 Å². The standard InChI is InChI=1S/3C10H13O.HI.Zr/c3*1-10(2,8-11)9-6-4-3-5-7-9;;/h3*3-7H,8H2,1-2H3;1H;/q3*-1;;+4/p-1. The van der Waals surface area contributed by atoms with Crippen LogP contribution in [-0.2, 0) is 42.1 Å². The van der Waals surface area contributed by atoms with E-state index in [4.69, 9.17) is 8.44 Å². The molecule has 0 saturated carbocycles. The van der Waals surface area contributed by atoms with Crippen LogP contribution in [0.2, 0.25) is 0 Å². The van der Waals surface area contributed by atoms with Gasteiger partial charge >= 0.3 is 229 Å². The molecule has 0 aromatic heterocycles. The summed E-state index contributed by atoms with van der Waals surface area (Å²) in [7, 11) is 0. The Morgan fingerprint density at radius 1 is 0.486 bits per heavy atom. The van der Waals surface area contributed by atoms with Crippen LogP contribution >= 0.6 is 18.0 Å². The zero-order valence-electron chi connectivity index (χ0n) is 21.9. The van der Waals surface area contributed by atoms with Gasteiger partial charge in [-0.3, -0.25) is 0 Å². The van der Waals surface area contributed by atoms with Crippen LogP contribution in [0.25, 0.3) is 0 Å². The van der Waals surface area contributed by atoms with Gasteiger partial charge in [-0.1, -0.05) is 0 Å². The van der Waals surface area contributed by atoms with Gasteiger partial charge < -0.3 is 0 Å². The Balaban J connectivity index is 1.77. The monoisotopic (exact) mass is 664 g/mol. The maximum atomic E-state index is 6.66. The Hall–Kier alpha value is -0.847. The van der Waals surface area contributed by atoms with Crippen molar-refractivity contribution < 1.29 is 25.8 Å². The Morgan fingerprint density at radius 2 is 0.714 bits per heavy atom. The van der Waals surface area contributed by atoms with E-state index >= 15 is 0 Å². The minimum atomic E-state index is -3.92. The molecule has 0 unspecified atom stereocenters. The van der Waals surface area contributed by atoms with Crippen molar-refractivity contribution in [1.82, 2.24) is 0 Å². The van der Waals surface area contributed by atoms with E-state index in [0.717, 1.165) is 0 Å². The minimum absolute atomic E-state index is 0.148. The third-order valence-corrected chi connectivity index (χ3v) is 15.6. The molecule has 3 rings (SSSR count). The summed E-state index contributed by atoms with van der Waals surface area (Å²) < 4.78 is 20.0. The average Bonchev–Trinajstić information content (AvgIpc) is 2.87. The topological polar surface area (TPSA) is 27.7 Å². The molecule has 0 aliphatic heterocycles. The quantitative estimate of drug-likeness (QED) is 0.183. The first-order chi connectivity index (χ1) is 16.4. The van der Waals surface area contributed by atoms with E-state index in [1.807, 2.05) is 18.2 Å². The van der Waals surface area contributed by atoms with Crippen LogP contribution in [0.4, 0.5) is 0 Å². The molecule has 188 valence electrons. The third-order valence-electron chi connectivity index (χ3n) is 6.48. The Kier molecular flexibility index (Phi) is 9.95. The van der Waals surface area contributed by atoms with Crippen LogP contribution in [0.1, 0.15) is 58.2 Å². The molecule has 3 aromatic rings. The summed E-state index contributed by atoms with van der Waals surface area (Å²) in [4.78, 5) is 0. The van der Waals surface area contributed by atoms with Crippen molar-refractivity contribution in [2.75, 3.05) is 19.8 Å². The summed E-state index contributed by atoms with van der Waals surface area (Å²) in [6.07, 6.45) is 0. The Labute approximate surface area is 227 Å². The second-order valence-corrected chi connectivity index (χ2v) is 23.4. The van der Waals surface area contributed by atoms with E-state index in [9.17, 15) is 0 Å². The molecule has 5 heteroatoms. The average molecular weight is 666 g/mol. The Bertz CT molecular complexity index is 902. The fraction of sp³-hybridized carbons (Fsp3) is 0.400. The molecule has 0 aliphatic rings. The molecule has 0 saturated heterocycles. The summed E-state index contributed by atoms with van der Waals surface area (Å²) in [6, 6.07) is 31.6. The molecular formula is C30H39IO3Zr. The predicted octanol–water partition coefficient (Wildman–Crippen LogP) is 8.22. The molecule has 3 nitrogen and oxygen atoms in total. The molecular weight excluding hydrogens is 626 g/mol. The van der Waals surface area contributed by atoms with Crippen molar-refractivity contribution in [3.63, 3.8) is 0 Å². The van der Waals surface area contributed by atoms with Crippen molar-refractivity contribution >= 4 is 18.0 Å². The summed E-state index contributed by atoms with van der Waals surface area (Å²) in [6.45, 7) is 14.9. The van der Waals surface area contributed by atoms with Crippen molar-refractivity contribution in [2.45, 2.75) is 57.8 Å². The number of benzene rings is 3. The van der Waals surface area contributed by atoms with Crippen LogP contribution in [0.3, 0.4) is 0 Å². The summed E-state index contributed by atoms with van der Waals surface area (Å²) in [5.41, 5.74) is 3.31. The molecule has 3 aromatic carbocycles. The van der Waals surface area contributed by atoms with Crippen LogP contribution in [0.5, 0.6) is 0 Å². The molecule has 0 amide bonds. The zero-order valence-corrected chi connectivity index (χ0v) is 26.5. The molecule has 35 heavy (non-hydrogen) atoms. The van der Waals surface area contributed by atoms with Gasteiger partial charge in [0.15, 0.2) is 0 Å². The van der Waals surface area contributed by atoms with E-state index in [-0.39, 0.29) is 16.2 Å². The van der Waals surface area contributed by atoms with E-state index in [0.29, 0.717) is 19.8 Å². The van der Waals surface area contributed by atoms with Gasteiger partial charge in [0.25, 0.3) is 0 Å². The number of rotatable bonds is 12. The second-order valence-electron chi connectivity index (χ2n) is 11.1. The zero-order chi connectivity index (χ0) is 25.6. The SMILES string of the molecule is CC(C)(C[O][Zr]([I])([O]CC(C)(C)c1ccccc1)[O]CC(C)(C)c1ccccc1)c1ccccc1. The van der Waals surface area contributed by atoms with Crippen LogP contribution in [-0.4, -0.2) is 19.8 Å². The first-order valence-electron chi connectivity index (χ1n) is 12.2. The van der Waals surface area contributed by atoms with Gasteiger partial charge in [0, 0.05) is 0 Å². The van der Waals surface area contributed by atoms with E-state index in [1.54, 1.807) is 0 Å². The number of hydrogen-bond acceptors (Lipinski definition) is 3. The van der Waals surface area contributed by atoms with Crippen molar-refractivity contribution in [3.8, 4) is 0 Å². The normalized spacial score (nSPS) is 13.1. The van der Waals surface area contributed by atoms with Gasteiger partial charge in [0.05, 0.1) is 0 Å². The van der Waals surface area contributed by atoms with E-state index < -0.39 is 17.4 Å². The number of halogens is 1. The molecule has 0 aliphatic carbocycles. The van der Waals surface area contributed by atoms with Gasteiger partial charge in [0.2, 0.25) is 0 Å². The van der Waals surface area contributed by atoms with Crippen molar-refractivity contribution in [3.05, 3.63) is 108 Å². The first kappa shape index (κ1) is 28.7. The molecule has 0 atom stereocenters. The molecule has 0 bridgehead atoms. The van der Waals surface area contributed by atoms with Crippen LogP contribution in [0, 0.1) is 0 Å². The maximum absolute atomic E-state index is 6.66. The molecule has 0 fully saturated rings. The van der Waals surface area contributed by atoms with Gasteiger partial charge in [-0.2, -0.15) is 0 Å². The predicted molar refractivity (Wildman–Crippen MR) is 150 cm³/mol. The molecule has 0 radical (unpaired) electrons. The van der Waals surface area contributed by atoms with Crippen LogP contribution < -0.4 is 0 Å². The van der Waals surface area contributed by atoms with E-state index in [2.05, 4.69) is 132 Å². The Morgan fingerprint density at radius 3 is 0.943 bits per heavy atom. The summed E-state index contributed by atoms with van der Waals surface area (Å²) in [5, 5.41) is 0. The number of hydrogen-bond donors (Lipinski definition) is 0. The van der Waals surface area contributed by atoms with E-state index in [1.165, 1.54) is 16.7 Å². The second kappa shape index (κ2) is 12.1. The fourth-order valence-electron chi connectivity index (χ4n) is 3.84. The van der Waals surface area contributed by atoms with Gasteiger partial charge in [-0.05, 0) is 0 Å². The first-order valence-corrected chi connectivity index (χ1v) is 22.5. The third kappa shape index (κ3) is 8.33.